The van der Waals surface area contributed by atoms with E-state index in [9.17, 15) is 0 Å². The minimum absolute atomic E-state index is 1.03. The fourth-order valence-corrected chi connectivity index (χ4v) is 8.08. The Morgan fingerprint density at radius 1 is 0.500 bits per heavy atom. The molecule has 206 valence electrons. The van der Waals surface area contributed by atoms with Crippen molar-refractivity contribution in [2.24, 2.45) is 0 Å². The van der Waals surface area contributed by atoms with Gasteiger partial charge in [0.15, 0.2) is 0 Å². The van der Waals surface area contributed by atoms with Gasteiger partial charge in [0.2, 0.25) is 0 Å². The molecule has 0 radical (unpaired) electrons. The molecule has 0 aliphatic heterocycles. The number of pyridine rings is 1. The van der Waals surface area contributed by atoms with Crippen LogP contribution in [-0.2, 0) is 0 Å². The number of para-hydroxylation sites is 2. The number of thiophene rings is 1. The van der Waals surface area contributed by atoms with Crippen LogP contribution in [0.15, 0.2) is 158 Å². The first kappa shape index (κ1) is 25.0. The normalized spacial score (nSPS) is 11.6. The molecule has 9 rings (SSSR count). The zero-order valence-corrected chi connectivity index (χ0v) is 24.6. The number of benzene rings is 6. The van der Waals surface area contributed by atoms with Crippen molar-refractivity contribution in [3.8, 4) is 38.4 Å². The fraction of sp³-hybridized carbons (Fsp3) is 0. The molecule has 0 unspecified atom stereocenters. The average Bonchev–Trinajstić information content (AvgIpc) is 3.65. The minimum Gasteiger partial charge on any atom is -0.309 e. The summed E-state index contributed by atoms with van der Waals surface area (Å²) in [7, 11) is 0. The first-order chi connectivity index (χ1) is 21.8. The summed E-state index contributed by atoms with van der Waals surface area (Å²) in [5.74, 6) is 0. The van der Waals surface area contributed by atoms with Crippen molar-refractivity contribution in [3.05, 3.63) is 158 Å². The molecule has 0 bridgehead atoms. The van der Waals surface area contributed by atoms with Gasteiger partial charge in [-0.3, -0.25) is 4.98 Å². The fourth-order valence-electron chi connectivity index (χ4n) is 6.70. The molecule has 0 amide bonds. The highest BCUT2D eigenvalue weighted by atomic mass is 32.1. The van der Waals surface area contributed by atoms with Gasteiger partial charge in [-0.25, -0.2) is 0 Å². The van der Waals surface area contributed by atoms with Crippen LogP contribution < -0.4 is 0 Å². The van der Waals surface area contributed by atoms with Crippen LogP contribution in [-0.4, -0.2) is 9.55 Å². The number of rotatable bonds is 4. The zero-order valence-electron chi connectivity index (χ0n) is 23.8. The molecule has 3 heteroatoms. The molecular weight excluding hydrogens is 553 g/mol. The van der Waals surface area contributed by atoms with Crippen LogP contribution in [0.1, 0.15) is 0 Å². The van der Waals surface area contributed by atoms with Gasteiger partial charge in [-0.05, 0) is 47.0 Å². The molecule has 0 atom stereocenters. The van der Waals surface area contributed by atoms with Crippen molar-refractivity contribution in [1.82, 2.24) is 9.55 Å². The molecule has 3 aromatic heterocycles. The van der Waals surface area contributed by atoms with Gasteiger partial charge in [-0.2, -0.15) is 0 Å². The van der Waals surface area contributed by atoms with E-state index in [1.807, 2.05) is 23.6 Å². The molecule has 0 saturated carbocycles. The Bertz CT molecular complexity index is 2460. The second-order valence-corrected chi connectivity index (χ2v) is 12.2. The molecule has 0 aliphatic carbocycles. The lowest BCUT2D eigenvalue weighted by Gasteiger charge is -2.10. The van der Waals surface area contributed by atoms with E-state index in [1.165, 1.54) is 59.0 Å². The number of aromatic nitrogens is 2. The maximum atomic E-state index is 4.69. The third-order valence-electron chi connectivity index (χ3n) is 8.66. The third-order valence-corrected chi connectivity index (χ3v) is 9.93. The highest BCUT2D eigenvalue weighted by molar-refractivity contribution is 7.24. The van der Waals surface area contributed by atoms with Gasteiger partial charge < -0.3 is 4.57 Å². The highest BCUT2D eigenvalue weighted by Gasteiger charge is 2.21. The van der Waals surface area contributed by atoms with E-state index in [1.54, 1.807) is 0 Å². The van der Waals surface area contributed by atoms with Gasteiger partial charge in [0.05, 0.1) is 16.6 Å². The molecule has 0 spiro atoms. The Kier molecular flexibility index (Phi) is 5.71. The summed E-state index contributed by atoms with van der Waals surface area (Å²) in [6, 6.07) is 54.5. The monoisotopic (exact) mass is 578 g/mol. The highest BCUT2D eigenvalue weighted by Crippen LogP contribution is 2.49. The Morgan fingerprint density at radius 3 is 2.05 bits per heavy atom. The Balaban J connectivity index is 1.29. The van der Waals surface area contributed by atoms with Crippen LogP contribution in [0.25, 0.3) is 81.2 Å². The molecule has 0 aliphatic rings. The van der Waals surface area contributed by atoms with E-state index >= 15 is 0 Å². The minimum atomic E-state index is 1.03. The van der Waals surface area contributed by atoms with Gasteiger partial charge in [0.1, 0.15) is 0 Å². The van der Waals surface area contributed by atoms with E-state index in [-0.39, 0.29) is 0 Å². The lowest BCUT2D eigenvalue weighted by Crippen LogP contribution is -1.94. The first-order valence-corrected chi connectivity index (χ1v) is 15.7. The summed E-state index contributed by atoms with van der Waals surface area (Å²) in [5, 5.41) is 5.04. The smallest absolute Gasteiger partial charge is 0.0780 e. The van der Waals surface area contributed by atoms with Gasteiger partial charge in [-0.15, -0.1) is 11.3 Å². The molecule has 44 heavy (non-hydrogen) atoms. The van der Waals surface area contributed by atoms with Gasteiger partial charge in [-0.1, -0.05) is 121 Å². The summed E-state index contributed by atoms with van der Waals surface area (Å²) in [4.78, 5) is 6.00. The Labute approximate surface area is 259 Å². The Hall–Kier alpha value is -5.51. The van der Waals surface area contributed by atoms with E-state index in [0.717, 1.165) is 22.2 Å². The van der Waals surface area contributed by atoms with E-state index in [4.69, 9.17) is 0 Å². The summed E-state index contributed by atoms with van der Waals surface area (Å²) < 4.78 is 3.74. The lowest BCUT2D eigenvalue weighted by molar-refractivity contribution is 1.18. The maximum absolute atomic E-state index is 4.69. The van der Waals surface area contributed by atoms with Gasteiger partial charge in [0.25, 0.3) is 0 Å². The van der Waals surface area contributed by atoms with Crippen LogP contribution in [0.3, 0.4) is 0 Å². The Morgan fingerprint density at radius 2 is 1.23 bits per heavy atom. The zero-order chi connectivity index (χ0) is 29.0. The molecule has 6 aromatic carbocycles. The van der Waals surface area contributed by atoms with Crippen molar-refractivity contribution in [1.29, 1.82) is 0 Å². The van der Waals surface area contributed by atoms with Crippen LogP contribution in [0.2, 0.25) is 0 Å². The van der Waals surface area contributed by atoms with Crippen LogP contribution in [0.4, 0.5) is 0 Å². The van der Waals surface area contributed by atoms with Crippen molar-refractivity contribution in [3.63, 3.8) is 0 Å². The van der Waals surface area contributed by atoms with Crippen molar-refractivity contribution in [2.45, 2.75) is 0 Å². The number of fused-ring (bicyclic) bond motifs is 6. The van der Waals surface area contributed by atoms with Crippen LogP contribution in [0, 0.1) is 0 Å². The van der Waals surface area contributed by atoms with Crippen molar-refractivity contribution < 1.29 is 0 Å². The van der Waals surface area contributed by atoms with Crippen LogP contribution >= 0.6 is 11.3 Å². The largest absolute Gasteiger partial charge is 0.309 e. The quantitative estimate of drug-likeness (QED) is 0.203. The molecule has 0 saturated heterocycles. The third kappa shape index (κ3) is 3.83. The molecule has 0 N–H and O–H groups in total. The molecular formula is C41H26N2S. The average molecular weight is 579 g/mol. The van der Waals surface area contributed by atoms with Crippen molar-refractivity contribution >= 4 is 54.1 Å². The van der Waals surface area contributed by atoms with Gasteiger partial charge >= 0.3 is 0 Å². The number of hydrogen-bond donors (Lipinski definition) is 0. The summed E-state index contributed by atoms with van der Waals surface area (Å²) in [5.41, 5.74) is 10.7. The molecule has 9 aromatic rings. The lowest BCUT2D eigenvalue weighted by atomic mass is 9.98. The SMILES string of the molecule is c1ccc(-c2sc3c(ccc4c3c3ccccc3n4-c3ccc(-c4cccc5cccnc45)cc3)c2-c2ccccc2)cc1. The maximum Gasteiger partial charge on any atom is 0.0780 e. The molecule has 3 heterocycles. The summed E-state index contributed by atoms with van der Waals surface area (Å²) in [6.07, 6.45) is 1.87. The second kappa shape index (κ2) is 10.0. The van der Waals surface area contributed by atoms with Gasteiger partial charge in [0, 0.05) is 54.1 Å². The van der Waals surface area contributed by atoms with E-state index in [0.29, 0.717) is 0 Å². The summed E-state index contributed by atoms with van der Waals surface area (Å²) in [6.45, 7) is 0. The van der Waals surface area contributed by atoms with Crippen LogP contribution in [0.5, 0.6) is 0 Å². The van der Waals surface area contributed by atoms with Crippen molar-refractivity contribution in [2.75, 3.05) is 0 Å². The number of hydrogen-bond acceptors (Lipinski definition) is 2. The van der Waals surface area contributed by atoms with E-state index in [2.05, 4.69) is 155 Å². The predicted octanol–water partition coefficient (Wildman–Crippen LogP) is 11.5. The predicted molar refractivity (Wildman–Crippen MR) is 188 cm³/mol. The standard InChI is InChI=1S/C41H26N2S/c1-3-11-28(12-4-1)37-34-24-25-36-38(41(34)44-40(37)30-13-5-2-6-14-30)33-17-7-8-19-35(33)43(36)31-22-20-27(21-23-31)32-18-9-15-29-16-10-26-42-39(29)32/h1-26H. The number of nitrogens with zero attached hydrogens (tertiary/aromatic N) is 2. The topological polar surface area (TPSA) is 17.8 Å². The second-order valence-electron chi connectivity index (χ2n) is 11.2. The molecule has 2 nitrogen and oxygen atoms in total. The molecule has 0 fully saturated rings. The first-order valence-electron chi connectivity index (χ1n) is 14.9. The summed E-state index contributed by atoms with van der Waals surface area (Å²) >= 11 is 1.91. The van der Waals surface area contributed by atoms with E-state index < -0.39 is 0 Å².